The van der Waals surface area contributed by atoms with E-state index < -0.39 is 103 Å². The molecule has 8 rings (SSSR count). The van der Waals surface area contributed by atoms with Gasteiger partial charge in [-0.05, 0) is 74.1 Å². The predicted octanol–water partition coefficient (Wildman–Crippen LogP) is 23.4. The van der Waals surface area contributed by atoms with Crippen LogP contribution in [0.2, 0.25) is 10.0 Å². The molecule has 4 fully saturated rings. The average molecular weight is 4460 g/mol. The largest absolute Gasteiger partial charge is 0.474 e. The third-order valence-corrected chi connectivity index (χ3v) is 1500. The second-order valence-electron chi connectivity index (χ2n) is 18.6. The van der Waals surface area contributed by atoms with Crippen molar-refractivity contribution in [1.29, 1.82) is 0 Å². The summed E-state index contributed by atoms with van der Waals surface area (Å²) >= 11 is 53.7. The Morgan fingerprint density at radius 1 is 0.713 bits per heavy atom. The van der Waals surface area contributed by atoms with E-state index >= 15 is 0 Å². The number of likely N-dealkylation sites (tertiary alicyclic amines) is 2. The number of rotatable bonds is 19. The first-order valence-corrected chi connectivity index (χ1v) is 176. The number of carbonyl (C=O) groups excluding carboxylic acids is 5. The fourth-order valence-corrected chi connectivity index (χ4v) is 2940. The summed E-state index contributed by atoms with van der Waals surface area (Å²) in [6.07, 6.45) is 6.22. The van der Waals surface area contributed by atoms with Crippen molar-refractivity contribution in [3.8, 4) is 24.2 Å². The van der Waals surface area contributed by atoms with Gasteiger partial charge >= 0.3 is 378 Å². The number of anilines is 2. The summed E-state index contributed by atoms with van der Waals surface area (Å²) in [5, 5.41) is 30.7. The van der Waals surface area contributed by atoms with Crippen LogP contribution in [0, 0.1) is 47.7 Å². The van der Waals surface area contributed by atoms with E-state index in [2.05, 4.69) is 315 Å². The molecule has 4 heterocycles. The second-order valence-corrected chi connectivity index (χ2v) is 539. The molecular formula is C47H57Cl3F6I26N10O7S2-2. The number of alkyl halides is 4. The number of hydrogen-bond donors (Lipinski definition) is 5. The number of ketones is 1. The minimum absolute atomic E-state index is 0. The number of nitrogens with zero attached hydrogens (tertiary/aromatic N) is 6. The van der Waals surface area contributed by atoms with Gasteiger partial charge in [0.05, 0.1) is 51.6 Å². The molecule has 2 aromatic carbocycles. The Morgan fingerprint density at radius 2 is 1.15 bits per heavy atom. The summed E-state index contributed by atoms with van der Waals surface area (Å²) in [7, 11) is -3.48. The van der Waals surface area contributed by atoms with E-state index in [4.69, 9.17) is 40.5 Å². The van der Waals surface area contributed by atoms with Gasteiger partial charge in [0, 0.05) is 75.1 Å². The number of nitrogens with two attached hydrogens (primary N) is 1. The van der Waals surface area contributed by atoms with E-state index in [0.29, 0.717) is 63.0 Å². The van der Waals surface area contributed by atoms with E-state index in [-0.39, 0.29) is 186 Å². The Morgan fingerprint density at radius 3 is 1.48 bits per heavy atom. The van der Waals surface area contributed by atoms with E-state index in [1.54, 1.807) is 13.0 Å². The van der Waals surface area contributed by atoms with Crippen LogP contribution in [0.4, 0.5) is 37.7 Å². The van der Waals surface area contributed by atoms with Crippen LogP contribution in [0.3, 0.4) is 0 Å². The molecule has 2 aliphatic carbocycles. The summed E-state index contributed by atoms with van der Waals surface area (Å²) < 4.78 is 78.5. The zero-order chi connectivity index (χ0) is 72.8. The van der Waals surface area contributed by atoms with Crippen molar-refractivity contribution >= 4 is 449 Å². The van der Waals surface area contributed by atoms with Gasteiger partial charge in [-0.15, -0.1) is 18.8 Å². The van der Waals surface area contributed by atoms with Crippen molar-refractivity contribution in [2.75, 3.05) is 43.4 Å². The molecular weight excluding hydrogens is 4400 g/mol. The normalized spacial score (nSPS) is 18.3. The maximum atomic E-state index is 13.6. The zero-order valence-corrected chi connectivity index (χ0v) is 109. The molecule has 2 saturated heterocycles. The molecule has 54 heteroatoms. The van der Waals surface area contributed by atoms with Gasteiger partial charge in [-0.1, -0.05) is 44.0 Å². The van der Waals surface area contributed by atoms with Crippen molar-refractivity contribution in [3.63, 3.8) is 0 Å². The number of Topliss-reactive ketones (excluding diaryl/α,β-unsaturated/α-hetero) is 1. The van der Waals surface area contributed by atoms with Crippen molar-refractivity contribution in [1.82, 2.24) is 25.2 Å². The number of carboxylic acids is 1. The number of hydrogen-bond acceptors (Lipinski definition) is 11. The van der Waals surface area contributed by atoms with Crippen LogP contribution in [-0.4, -0.2) is 116 Å². The Hall–Kier alpha value is 13.2. The standard InChI is InChI=1S/C20H19ClF3N5O3.C13H12ClFN2O4.C7H9F2N3.C5H4.2CH4.ClH.I19.I7.2H2S/c21-13-5-12(1-2-14(13)22)26-17(31)11-3-4-29(8-11)18(32)15(30)6-19(9-20(23,24)10-19)16-7-25-28-27-16;14-9-5-8(1-2-10(9)15)16-11(18)7-3-4-17(6-7)12(19)13(20)21;8-7(9)3-6(10,4-7)5-1-2-11-12-5;1-3-5-4-2;;;;1-11-13(4)15(6)17(8)19(10)18(9)16(7)14(5)12(2)3;1-5-7(4)6(2)3;;/h1-2,5,7,11H,3-4,6,8-10H2,(H,26,31)(H,25,27,28);1-2,5,7H,3-4,6H2,(H,16,18)(H,20,21);1H,2-4,10H2;1H,2H3;2*1H4;1H;;;2*1H2/q;;;;;;;2*-1;;/t11-;7-;;;;;;;;;/m00........./s1. The number of H-pyrrole nitrogens is 1. The number of benzene rings is 2. The minimum Gasteiger partial charge on any atom is -0.474 e. The predicted molar refractivity (Wildman–Crippen MR) is 618 cm³/mol. The number of carboxylic acid groups (broad SMARTS) is 1. The minimum atomic E-state index is -2.93. The molecule has 17 nitrogen and oxygen atoms in total. The number of aliphatic carboxylic acids is 1. The van der Waals surface area contributed by atoms with Crippen LogP contribution >= 0.6 is 402 Å². The number of aromatic nitrogens is 3. The number of nitrogens with one attached hydrogen (secondary N) is 3. The molecule has 2 atom stereocenters. The average Bonchev–Trinajstić information content (AvgIpc) is 1.69. The van der Waals surface area contributed by atoms with Crippen molar-refractivity contribution in [2.45, 2.75) is 89.5 Å². The number of terminal acetylenes is 1. The van der Waals surface area contributed by atoms with Crippen molar-refractivity contribution < 1.29 is 86.7 Å². The van der Waals surface area contributed by atoms with Gasteiger partial charge < -0.3 is 31.3 Å². The zero-order valence-electron chi connectivity index (χ0n) is 48.3. The molecule has 4 amide bonds. The number of amides is 4. The molecule has 6 N–H and O–H groups in total. The molecule has 1 aromatic heterocycles. The molecule has 0 bridgehead atoms. The second kappa shape index (κ2) is 60.7. The fourth-order valence-electron chi connectivity index (χ4n) is 8.37. The molecule has 0 spiro atoms. The van der Waals surface area contributed by atoms with Crippen LogP contribution in [0.25, 0.3) is 0 Å². The number of aromatic amines is 1. The van der Waals surface area contributed by atoms with Crippen LogP contribution < -0.4 is 42.9 Å². The molecule has 5 aliphatic rings. The molecule has 3 aromatic rings. The summed E-state index contributed by atoms with van der Waals surface area (Å²) in [5.41, 5.74) is 4.93. The Kier molecular flexibility index (Phi) is 71.1. The Balaban J connectivity index is -0.00000123. The van der Waals surface area contributed by atoms with Crippen LogP contribution in [-0.2, 0) is 34.2 Å². The first-order valence-electron chi connectivity index (χ1n) is 24.6. The number of carbonyl (C=O) groups is 6. The summed E-state index contributed by atoms with van der Waals surface area (Å²) in [6.45, 7) is 2.64. The SMILES string of the molecule is C.C.C#CC#CC.Cl.I[I-]I(I)I(I)I.I[I-]I(I)I(I)I(I)I(I)I(I)I(I)I(I)I(I)I.NC1(C2=CCN=N2)CC(F)(F)C1.O=C(CC1(c2cn[nH]n2)CC(F)(F)C1)C(=O)N1CC[C@H](C(=O)Nc2ccc(F)c(Cl)c2)C1.O=C(O)C(=O)N1CC[C@H](C(=O)Nc2ccc(F)c(Cl)c2)C1.S.S. The molecule has 0 radical (unpaired) electrons. The molecule has 101 heavy (non-hydrogen) atoms. The van der Waals surface area contributed by atoms with E-state index in [1.165, 1.54) is 35.4 Å². The third-order valence-electron chi connectivity index (χ3n) is 12.3. The number of halogens is 35. The molecule has 2 saturated carbocycles. The van der Waals surface area contributed by atoms with E-state index in [1.807, 2.05) is 0 Å². The van der Waals surface area contributed by atoms with Crippen LogP contribution in [0.1, 0.15) is 72.4 Å². The molecule has 596 valence electrons. The monoisotopic (exact) mass is 4460 g/mol. The quantitative estimate of drug-likeness (QED) is 0.0329. The first-order chi connectivity index (χ1) is 44.7. The summed E-state index contributed by atoms with van der Waals surface area (Å²) in [5.74, 6) is -5.68. The van der Waals surface area contributed by atoms with E-state index in [9.17, 15) is 55.1 Å². The van der Waals surface area contributed by atoms with Gasteiger partial charge in [-0.3, -0.25) is 24.0 Å². The van der Waals surface area contributed by atoms with Gasteiger partial charge in [0.2, 0.25) is 23.5 Å². The third kappa shape index (κ3) is 42.1. The van der Waals surface area contributed by atoms with Crippen molar-refractivity contribution in [3.05, 3.63) is 81.7 Å². The topological polar surface area (TPSA) is 246 Å². The summed E-state index contributed by atoms with van der Waals surface area (Å²) in [4.78, 5) is 74.0. The Bertz CT molecular complexity index is 3330. The maximum Gasteiger partial charge on any atom is 0.394 e. The van der Waals surface area contributed by atoms with Gasteiger partial charge in [0.25, 0.3) is 11.8 Å². The molecule has 0 unspecified atom stereocenters. The van der Waals surface area contributed by atoms with Crippen molar-refractivity contribution in [2.24, 2.45) is 27.8 Å². The molecule has 3 aliphatic heterocycles. The Labute approximate surface area is 803 Å². The fraction of sp³-hybridized carbons (Fsp3) is 0.447. The van der Waals surface area contributed by atoms with Gasteiger partial charge in [-0.2, -0.15) is 52.6 Å². The van der Waals surface area contributed by atoms with Gasteiger partial charge in [0.15, 0.2) is 0 Å². The van der Waals surface area contributed by atoms with Gasteiger partial charge in [0.1, 0.15) is 11.6 Å². The smallest absolute Gasteiger partial charge is 0.394 e. The van der Waals surface area contributed by atoms with E-state index in [0.717, 1.165) is 17.0 Å². The van der Waals surface area contributed by atoms with Gasteiger partial charge in [-0.25, -0.2) is 31.1 Å². The first kappa shape index (κ1) is 118. The van der Waals surface area contributed by atoms with Crippen LogP contribution in [0.15, 0.2) is 64.6 Å². The van der Waals surface area contributed by atoms with Crippen LogP contribution in [0.5, 0.6) is 0 Å². The summed E-state index contributed by atoms with van der Waals surface area (Å²) in [6, 6.07) is 7.53. The number of azo groups is 1. The maximum absolute atomic E-state index is 13.6.